The lowest BCUT2D eigenvalue weighted by Crippen LogP contribution is -2.34. The molecule has 0 aliphatic carbocycles. The Morgan fingerprint density at radius 1 is 1.41 bits per heavy atom. The second-order valence-electron chi connectivity index (χ2n) is 4.53. The van der Waals surface area contributed by atoms with Crippen LogP contribution in [0.1, 0.15) is 32.6 Å². The second-order valence-corrected chi connectivity index (χ2v) is 4.53. The van der Waals surface area contributed by atoms with E-state index in [4.69, 9.17) is 14.2 Å². The summed E-state index contributed by atoms with van der Waals surface area (Å²) in [7, 11) is 1.70. The maximum Gasteiger partial charge on any atom is 0.0701 e. The fourth-order valence-corrected chi connectivity index (χ4v) is 2.16. The molecule has 0 aromatic rings. The van der Waals surface area contributed by atoms with Gasteiger partial charge in [0, 0.05) is 19.8 Å². The highest BCUT2D eigenvalue weighted by Crippen LogP contribution is 2.17. The molecule has 4 heteroatoms. The molecule has 1 aliphatic heterocycles. The van der Waals surface area contributed by atoms with Crippen molar-refractivity contribution in [2.75, 3.05) is 40.1 Å². The monoisotopic (exact) mass is 245 g/mol. The summed E-state index contributed by atoms with van der Waals surface area (Å²) in [6, 6.07) is 0.445. The Balaban J connectivity index is 2.08. The van der Waals surface area contributed by atoms with Crippen LogP contribution in [0.15, 0.2) is 0 Å². The zero-order chi connectivity index (χ0) is 12.3. The van der Waals surface area contributed by atoms with Gasteiger partial charge in [-0.1, -0.05) is 6.92 Å². The molecule has 1 rings (SSSR count). The second kappa shape index (κ2) is 9.83. The Labute approximate surface area is 105 Å². The third kappa shape index (κ3) is 6.99. The molecule has 0 radical (unpaired) electrons. The first-order chi connectivity index (χ1) is 8.36. The molecule has 0 saturated carbocycles. The number of hydrogen-bond donors (Lipinski definition) is 1. The topological polar surface area (TPSA) is 39.7 Å². The largest absolute Gasteiger partial charge is 0.382 e. The van der Waals surface area contributed by atoms with E-state index in [-0.39, 0.29) is 0 Å². The van der Waals surface area contributed by atoms with Gasteiger partial charge in [0.15, 0.2) is 0 Å². The number of nitrogens with one attached hydrogen (secondary N) is 1. The first kappa shape index (κ1) is 14.9. The fraction of sp³-hybridized carbons (Fsp3) is 1.00. The lowest BCUT2D eigenvalue weighted by atomic mass is 10.1. The number of ether oxygens (including phenoxy) is 3. The molecular weight excluding hydrogens is 218 g/mol. The van der Waals surface area contributed by atoms with Crippen molar-refractivity contribution < 1.29 is 14.2 Å². The summed E-state index contributed by atoms with van der Waals surface area (Å²) in [5, 5.41) is 3.46. The van der Waals surface area contributed by atoms with Crippen LogP contribution in [0.3, 0.4) is 0 Å². The smallest absolute Gasteiger partial charge is 0.0701 e. The predicted molar refractivity (Wildman–Crippen MR) is 68.4 cm³/mol. The van der Waals surface area contributed by atoms with Crippen molar-refractivity contribution in [2.45, 2.75) is 44.8 Å². The Hall–Kier alpha value is -0.160. The maximum atomic E-state index is 5.64. The van der Waals surface area contributed by atoms with Crippen molar-refractivity contribution in [3.05, 3.63) is 0 Å². The summed E-state index contributed by atoms with van der Waals surface area (Å²) in [6.45, 7) is 6.19. The molecule has 0 amide bonds. The molecule has 2 atom stereocenters. The first-order valence-corrected chi connectivity index (χ1v) is 6.78. The lowest BCUT2D eigenvalue weighted by molar-refractivity contribution is 0.0519. The Kier molecular flexibility index (Phi) is 8.61. The van der Waals surface area contributed by atoms with E-state index in [0.29, 0.717) is 25.4 Å². The average Bonchev–Trinajstić information content (AvgIpc) is 2.84. The minimum atomic E-state index is 0.445. The molecule has 0 aromatic carbocycles. The summed E-state index contributed by atoms with van der Waals surface area (Å²) < 4.78 is 16.2. The van der Waals surface area contributed by atoms with E-state index in [9.17, 15) is 0 Å². The van der Waals surface area contributed by atoms with Crippen molar-refractivity contribution in [3.63, 3.8) is 0 Å². The van der Waals surface area contributed by atoms with Crippen molar-refractivity contribution in [3.8, 4) is 0 Å². The minimum absolute atomic E-state index is 0.445. The van der Waals surface area contributed by atoms with Crippen LogP contribution in [0.4, 0.5) is 0 Å². The molecule has 0 aromatic heterocycles. The lowest BCUT2D eigenvalue weighted by Gasteiger charge is -2.19. The Morgan fingerprint density at radius 3 is 2.94 bits per heavy atom. The molecule has 1 fully saturated rings. The van der Waals surface area contributed by atoms with Crippen LogP contribution in [0.2, 0.25) is 0 Å². The first-order valence-electron chi connectivity index (χ1n) is 6.78. The van der Waals surface area contributed by atoms with Gasteiger partial charge in [-0.3, -0.25) is 0 Å². The molecule has 2 unspecified atom stereocenters. The summed E-state index contributed by atoms with van der Waals surface area (Å²) in [5.74, 6) is 0. The van der Waals surface area contributed by atoms with Crippen LogP contribution >= 0.6 is 0 Å². The quantitative estimate of drug-likeness (QED) is 0.593. The zero-order valence-electron chi connectivity index (χ0n) is 11.2. The van der Waals surface area contributed by atoms with Crippen molar-refractivity contribution in [1.82, 2.24) is 5.32 Å². The Morgan fingerprint density at radius 2 is 2.29 bits per heavy atom. The predicted octanol–water partition coefficient (Wildman–Crippen LogP) is 1.59. The molecular formula is C13H27NO3. The third-order valence-corrected chi connectivity index (χ3v) is 3.10. The van der Waals surface area contributed by atoms with Gasteiger partial charge in [-0.05, 0) is 32.2 Å². The fourth-order valence-electron chi connectivity index (χ4n) is 2.16. The molecule has 1 saturated heterocycles. The average molecular weight is 245 g/mol. The van der Waals surface area contributed by atoms with E-state index in [1.807, 2.05) is 0 Å². The van der Waals surface area contributed by atoms with Gasteiger partial charge >= 0.3 is 0 Å². The molecule has 1 heterocycles. The van der Waals surface area contributed by atoms with Crippen molar-refractivity contribution >= 4 is 0 Å². The van der Waals surface area contributed by atoms with Gasteiger partial charge in [0.05, 0.1) is 25.9 Å². The number of hydrogen-bond acceptors (Lipinski definition) is 4. The summed E-state index contributed by atoms with van der Waals surface area (Å²) >= 11 is 0. The molecule has 1 N–H and O–H groups in total. The van der Waals surface area contributed by atoms with E-state index in [1.165, 1.54) is 12.8 Å². The third-order valence-electron chi connectivity index (χ3n) is 3.10. The van der Waals surface area contributed by atoms with E-state index in [2.05, 4.69) is 12.2 Å². The Bertz CT molecular complexity index is 172. The van der Waals surface area contributed by atoms with Crippen molar-refractivity contribution in [2.24, 2.45) is 0 Å². The van der Waals surface area contributed by atoms with Gasteiger partial charge in [0.25, 0.3) is 0 Å². The van der Waals surface area contributed by atoms with Crippen LogP contribution in [-0.4, -0.2) is 52.2 Å². The van der Waals surface area contributed by atoms with Gasteiger partial charge < -0.3 is 19.5 Å². The van der Waals surface area contributed by atoms with E-state index >= 15 is 0 Å². The van der Waals surface area contributed by atoms with Crippen LogP contribution in [0.25, 0.3) is 0 Å². The van der Waals surface area contributed by atoms with Gasteiger partial charge in [0.1, 0.15) is 0 Å². The molecule has 102 valence electrons. The van der Waals surface area contributed by atoms with Crippen LogP contribution < -0.4 is 5.32 Å². The highest BCUT2D eigenvalue weighted by atomic mass is 16.5. The molecule has 1 aliphatic rings. The van der Waals surface area contributed by atoms with Gasteiger partial charge in [-0.2, -0.15) is 0 Å². The summed E-state index contributed by atoms with van der Waals surface area (Å²) in [6.07, 6.45) is 5.20. The normalized spacial score (nSPS) is 21.9. The van der Waals surface area contributed by atoms with Crippen LogP contribution in [-0.2, 0) is 14.2 Å². The number of methoxy groups -OCH3 is 1. The van der Waals surface area contributed by atoms with Gasteiger partial charge in [-0.15, -0.1) is 0 Å². The number of likely N-dealkylation sites (N-methyl/N-ethyl adjacent to an activating group) is 1. The minimum Gasteiger partial charge on any atom is -0.382 e. The van der Waals surface area contributed by atoms with E-state index in [1.54, 1.807) is 7.11 Å². The molecule has 4 nitrogen and oxygen atoms in total. The molecule has 17 heavy (non-hydrogen) atoms. The zero-order valence-corrected chi connectivity index (χ0v) is 11.2. The summed E-state index contributed by atoms with van der Waals surface area (Å²) in [4.78, 5) is 0. The molecule has 0 bridgehead atoms. The molecule has 0 spiro atoms. The summed E-state index contributed by atoms with van der Waals surface area (Å²) in [5.41, 5.74) is 0. The van der Waals surface area contributed by atoms with Crippen LogP contribution in [0, 0.1) is 0 Å². The standard InChI is InChI=1S/C13H27NO3/c1-3-14-12(11-16-10-9-15-2)6-7-13-5-4-8-17-13/h12-14H,3-11H2,1-2H3. The van der Waals surface area contributed by atoms with Gasteiger partial charge in [0.2, 0.25) is 0 Å². The van der Waals surface area contributed by atoms with Gasteiger partial charge in [-0.25, -0.2) is 0 Å². The van der Waals surface area contributed by atoms with Crippen LogP contribution in [0.5, 0.6) is 0 Å². The SMILES string of the molecule is CCNC(CCC1CCCO1)COCCOC. The number of rotatable bonds is 10. The highest BCUT2D eigenvalue weighted by Gasteiger charge is 2.17. The van der Waals surface area contributed by atoms with E-state index in [0.717, 1.165) is 32.6 Å². The van der Waals surface area contributed by atoms with E-state index < -0.39 is 0 Å². The van der Waals surface area contributed by atoms with Crippen molar-refractivity contribution in [1.29, 1.82) is 0 Å². The maximum absolute atomic E-state index is 5.64. The highest BCUT2D eigenvalue weighted by molar-refractivity contribution is 4.71.